The van der Waals surface area contributed by atoms with Crippen LogP contribution in [0.15, 0.2) is 182 Å². The first-order valence-electron chi connectivity index (χ1n) is 17.2. The maximum atomic E-state index is 5.30. The minimum absolute atomic E-state index is 0.929. The average Bonchev–Trinajstić information content (AvgIpc) is 3.62. The van der Waals surface area contributed by atoms with Crippen molar-refractivity contribution in [3.63, 3.8) is 0 Å². The average molecular weight is 651 g/mol. The Morgan fingerprint density at radius 1 is 0.431 bits per heavy atom. The lowest BCUT2D eigenvalue weighted by molar-refractivity contribution is 0.918. The summed E-state index contributed by atoms with van der Waals surface area (Å²) in [5, 5.41) is 11.0. The highest BCUT2D eigenvalue weighted by Gasteiger charge is 2.21. The van der Waals surface area contributed by atoms with E-state index in [4.69, 9.17) is 10.1 Å². The Balaban J connectivity index is 1.07. The smallest absolute Gasteiger partial charge is 0.101 e. The molecule has 238 valence electrons. The molecule has 3 heterocycles. The number of para-hydroxylation sites is 1. The second-order valence-electron chi connectivity index (χ2n) is 12.9. The number of hydrogen-bond acceptors (Lipinski definition) is 3. The molecule has 4 nitrogen and oxygen atoms in total. The maximum absolute atomic E-state index is 5.30. The summed E-state index contributed by atoms with van der Waals surface area (Å²) < 4.78 is 2.11. The minimum Gasteiger partial charge on any atom is -0.254 e. The van der Waals surface area contributed by atoms with Crippen LogP contribution in [0.2, 0.25) is 0 Å². The van der Waals surface area contributed by atoms with Crippen LogP contribution < -0.4 is 0 Å². The SMILES string of the molecule is c1ccc(-c2nn(-c3ccccc3)c3c2c(-c2ccc(-c4ccc(-c5ccc6ccc7cccnc7c6n5)cc4)cc2)cc2ccccc23)cc1. The summed E-state index contributed by atoms with van der Waals surface area (Å²) in [6.07, 6.45) is 1.83. The molecule has 0 bridgehead atoms. The van der Waals surface area contributed by atoms with Crippen molar-refractivity contribution in [2.24, 2.45) is 0 Å². The highest BCUT2D eigenvalue weighted by atomic mass is 15.3. The first-order valence-corrected chi connectivity index (χ1v) is 17.2. The number of fused-ring (bicyclic) bond motifs is 6. The zero-order valence-corrected chi connectivity index (χ0v) is 27.6. The number of aromatic nitrogens is 4. The normalized spacial score (nSPS) is 11.5. The largest absolute Gasteiger partial charge is 0.254 e. The molecule has 0 N–H and O–H groups in total. The van der Waals surface area contributed by atoms with Crippen LogP contribution in [-0.2, 0) is 0 Å². The molecule has 51 heavy (non-hydrogen) atoms. The Labute approximate surface area is 294 Å². The van der Waals surface area contributed by atoms with E-state index in [2.05, 4.69) is 173 Å². The standard InChI is InChI=1S/C47H30N4/c1-3-10-35(11-4-1)44-43-41(30-38-12-7-8-16-40(38)47(43)51(50-44)39-14-5-2-6-15-39)33-21-17-31(18-22-33)32-19-23-34(24-20-32)42-28-27-37-26-25-36-13-9-29-48-45(36)46(37)49-42/h1-30H. The summed E-state index contributed by atoms with van der Waals surface area (Å²) in [7, 11) is 0. The molecule has 7 aromatic carbocycles. The molecule has 0 radical (unpaired) electrons. The Morgan fingerprint density at radius 3 is 1.80 bits per heavy atom. The fraction of sp³-hybridized carbons (Fsp3) is 0. The van der Waals surface area contributed by atoms with E-state index in [1.165, 1.54) is 10.8 Å². The van der Waals surface area contributed by atoms with Crippen molar-refractivity contribution in [1.29, 1.82) is 0 Å². The summed E-state index contributed by atoms with van der Waals surface area (Å²) >= 11 is 0. The van der Waals surface area contributed by atoms with E-state index in [1.807, 2.05) is 18.3 Å². The van der Waals surface area contributed by atoms with Crippen molar-refractivity contribution in [1.82, 2.24) is 19.7 Å². The fourth-order valence-corrected chi connectivity index (χ4v) is 7.33. The molecule has 0 unspecified atom stereocenters. The van der Waals surface area contributed by atoms with E-state index in [1.54, 1.807) is 0 Å². The van der Waals surface area contributed by atoms with Gasteiger partial charge in [0.05, 0.1) is 27.9 Å². The Morgan fingerprint density at radius 2 is 1.04 bits per heavy atom. The topological polar surface area (TPSA) is 43.6 Å². The Bertz CT molecular complexity index is 2880. The minimum atomic E-state index is 0.929. The molecular weight excluding hydrogens is 621 g/mol. The second kappa shape index (κ2) is 11.9. The lowest BCUT2D eigenvalue weighted by atomic mass is 9.92. The fourth-order valence-electron chi connectivity index (χ4n) is 7.33. The third kappa shape index (κ3) is 4.96. The molecule has 10 rings (SSSR count). The molecule has 0 saturated heterocycles. The molecule has 0 fully saturated rings. The predicted molar refractivity (Wildman–Crippen MR) is 211 cm³/mol. The van der Waals surface area contributed by atoms with Gasteiger partial charge in [-0.25, -0.2) is 9.67 Å². The van der Waals surface area contributed by atoms with E-state index >= 15 is 0 Å². The van der Waals surface area contributed by atoms with Crippen LogP contribution >= 0.6 is 0 Å². The molecule has 0 saturated carbocycles. The first kappa shape index (κ1) is 29.0. The van der Waals surface area contributed by atoms with Gasteiger partial charge in [-0.2, -0.15) is 5.10 Å². The summed E-state index contributed by atoms with van der Waals surface area (Å²) in [6.45, 7) is 0. The molecule has 0 aliphatic rings. The van der Waals surface area contributed by atoms with E-state index in [0.717, 1.165) is 83.2 Å². The van der Waals surface area contributed by atoms with Gasteiger partial charge < -0.3 is 0 Å². The lowest BCUT2D eigenvalue weighted by Gasteiger charge is -2.12. The van der Waals surface area contributed by atoms with Gasteiger partial charge in [0.2, 0.25) is 0 Å². The maximum Gasteiger partial charge on any atom is 0.101 e. The van der Waals surface area contributed by atoms with Crippen molar-refractivity contribution in [2.45, 2.75) is 0 Å². The summed E-state index contributed by atoms with van der Waals surface area (Å²) in [5.41, 5.74) is 12.7. The van der Waals surface area contributed by atoms with Gasteiger partial charge in [0.1, 0.15) is 5.69 Å². The van der Waals surface area contributed by atoms with Gasteiger partial charge in [-0.1, -0.05) is 146 Å². The van der Waals surface area contributed by atoms with Crippen molar-refractivity contribution in [3.05, 3.63) is 182 Å². The van der Waals surface area contributed by atoms with Crippen LogP contribution in [0, 0.1) is 0 Å². The van der Waals surface area contributed by atoms with Crippen molar-refractivity contribution < 1.29 is 0 Å². The van der Waals surface area contributed by atoms with E-state index in [9.17, 15) is 0 Å². The zero-order valence-electron chi connectivity index (χ0n) is 27.6. The van der Waals surface area contributed by atoms with Gasteiger partial charge in [-0.05, 0) is 58.0 Å². The van der Waals surface area contributed by atoms with Crippen molar-refractivity contribution in [2.75, 3.05) is 0 Å². The van der Waals surface area contributed by atoms with Crippen molar-refractivity contribution >= 4 is 43.5 Å². The molecule has 3 aromatic heterocycles. The predicted octanol–water partition coefficient (Wildman–Crippen LogP) is 11.9. The van der Waals surface area contributed by atoms with Crippen LogP contribution in [0.25, 0.3) is 93.9 Å². The molecule has 0 amide bonds. The molecular formula is C47H30N4. The van der Waals surface area contributed by atoms with E-state index in [-0.39, 0.29) is 0 Å². The number of nitrogens with zero attached hydrogens (tertiary/aromatic N) is 4. The van der Waals surface area contributed by atoms with Gasteiger partial charge in [0.25, 0.3) is 0 Å². The Kier molecular flexibility index (Phi) is 6.78. The highest BCUT2D eigenvalue weighted by molar-refractivity contribution is 6.17. The molecule has 0 aliphatic carbocycles. The molecule has 0 atom stereocenters. The van der Waals surface area contributed by atoms with Gasteiger partial charge in [-0.3, -0.25) is 4.98 Å². The number of pyridine rings is 2. The van der Waals surface area contributed by atoms with Crippen LogP contribution in [0.3, 0.4) is 0 Å². The number of hydrogen-bond donors (Lipinski definition) is 0. The number of rotatable bonds is 5. The summed E-state index contributed by atoms with van der Waals surface area (Å²) in [5.74, 6) is 0. The van der Waals surface area contributed by atoms with Gasteiger partial charge in [0.15, 0.2) is 0 Å². The zero-order chi connectivity index (χ0) is 33.7. The van der Waals surface area contributed by atoms with Crippen molar-refractivity contribution in [3.8, 4) is 50.5 Å². The van der Waals surface area contributed by atoms with Gasteiger partial charge in [0, 0.05) is 38.9 Å². The molecule has 0 aliphatic heterocycles. The highest BCUT2D eigenvalue weighted by Crippen LogP contribution is 2.42. The summed E-state index contributed by atoms with van der Waals surface area (Å²) in [4.78, 5) is 9.67. The molecule has 4 heteroatoms. The third-order valence-corrected chi connectivity index (χ3v) is 9.86. The van der Waals surface area contributed by atoms with Crippen LogP contribution in [-0.4, -0.2) is 19.7 Å². The third-order valence-electron chi connectivity index (χ3n) is 9.86. The van der Waals surface area contributed by atoms with Gasteiger partial charge in [-0.15, -0.1) is 0 Å². The van der Waals surface area contributed by atoms with Crippen LogP contribution in [0.1, 0.15) is 0 Å². The quantitative estimate of drug-likeness (QED) is 0.174. The monoisotopic (exact) mass is 650 g/mol. The molecule has 0 spiro atoms. The summed E-state index contributed by atoms with van der Waals surface area (Å²) in [6, 6.07) is 62.0. The second-order valence-corrected chi connectivity index (χ2v) is 12.9. The van der Waals surface area contributed by atoms with Crippen LogP contribution in [0.5, 0.6) is 0 Å². The van der Waals surface area contributed by atoms with E-state index < -0.39 is 0 Å². The first-order chi connectivity index (χ1) is 25.3. The molecule has 10 aromatic rings. The van der Waals surface area contributed by atoms with E-state index in [0.29, 0.717) is 0 Å². The van der Waals surface area contributed by atoms with Gasteiger partial charge >= 0.3 is 0 Å². The number of benzene rings is 7. The Hall–Kier alpha value is -6.91. The lowest BCUT2D eigenvalue weighted by Crippen LogP contribution is -1.96. The van der Waals surface area contributed by atoms with Crippen LogP contribution in [0.4, 0.5) is 0 Å².